The van der Waals surface area contributed by atoms with Gasteiger partial charge < -0.3 is 15.8 Å². The lowest BCUT2D eigenvalue weighted by Gasteiger charge is -2.22. The smallest absolute Gasteiger partial charge is 0.258 e. The number of fused-ring (bicyclic) bond motifs is 1. The number of carbonyl (C=O) groups excluding carboxylic acids is 2. The summed E-state index contributed by atoms with van der Waals surface area (Å²) >= 11 is 1.52. The lowest BCUT2D eigenvalue weighted by molar-refractivity contribution is -0.123. The van der Waals surface area contributed by atoms with Crippen LogP contribution in [0.4, 0.5) is 4.39 Å². The first kappa shape index (κ1) is 20.0. The van der Waals surface area contributed by atoms with Crippen molar-refractivity contribution in [2.45, 2.75) is 25.3 Å². The van der Waals surface area contributed by atoms with Crippen LogP contribution in [0.25, 0.3) is 10.6 Å². The van der Waals surface area contributed by atoms with E-state index in [0.717, 1.165) is 40.4 Å². The van der Waals surface area contributed by atoms with Crippen molar-refractivity contribution in [1.82, 2.24) is 10.3 Å². The highest BCUT2D eigenvalue weighted by atomic mass is 32.1. The molecule has 1 aliphatic rings. The Balaban J connectivity index is 1.42. The second kappa shape index (κ2) is 8.62. The van der Waals surface area contributed by atoms with E-state index in [4.69, 9.17) is 15.5 Å². The molecule has 154 valence electrons. The van der Waals surface area contributed by atoms with Crippen LogP contribution in [0, 0.1) is 5.82 Å². The van der Waals surface area contributed by atoms with E-state index in [9.17, 15) is 14.0 Å². The summed E-state index contributed by atoms with van der Waals surface area (Å²) in [6.07, 6.45) is 2.60. The lowest BCUT2D eigenvalue weighted by atomic mass is 9.98. The maximum Gasteiger partial charge on any atom is 0.258 e. The predicted molar refractivity (Wildman–Crippen MR) is 112 cm³/mol. The third-order valence-corrected chi connectivity index (χ3v) is 6.13. The number of amides is 2. The van der Waals surface area contributed by atoms with Gasteiger partial charge in [-0.1, -0.05) is 6.07 Å². The van der Waals surface area contributed by atoms with Crippen LogP contribution in [0.15, 0.2) is 48.5 Å². The van der Waals surface area contributed by atoms with Crippen LogP contribution >= 0.6 is 11.3 Å². The number of hydrogen-bond acceptors (Lipinski definition) is 5. The third-order valence-electron chi connectivity index (χ3n) is 4.87. The Kier molecular flexibility index (Phi) is 5.76. The average molecular weight is 425 g/mol. The van der Waals surface area contributed by atoms with Crippen LogP contribution in [0.5, 0.6) is 5.75 Å². The molecule has 1 atom stereocenters. The van der Waals surface area contributed by atoms with Gasteiger partial charge in [-0.3, -0.25) is 9.59 Å². The summed E-state index contributed by atoms with van der Waals surface area (Å²) in [5.74, 6) is -0.690. The molecule has 0 radical (unpaired) electrons. The molecule has 1 heterocycles. The number of nitrogens with two attached hydrogens (primary N) is 1. The van der Waals surface area contributed by atoms with Crippen LogP contribution in [-0.4, -0.2) is 23.4 Å². The molecule has 0 saturated carbocycles. The summed E-state index contributed by atoms with van der Waals surface area (Å²) in [7, 11) is 0. The first-order valence-corrected chi connectivity index (χ1v) is 10.4. The molecule has 2 aromatic carbocycles. The normalized spacial score (nSPS) is 15.3. The number of nitrogens with one attached hydrogen (secondary N) is 1. The summed E-state index contributed by atoms with van der Waals surface area (Å²) in [4.78, 5) is 29.4. The van der Waals surface area contributed by atoms with Gasteiger partial charge in [0.2, 0.25) is 5.91 Å². The second-order valence-electron chi connectivity index (χ2n) is 7.03. The van der Waals surface area contributed by atoms with Gasteiger partial charge in [-0.15, -0.1) is 11.3 Å². The van der Waals surface area contributed by atoms with Gasteiger partial charge in [-0.05, 0) is 61.7 Å². The number of ether oxygens (including phenoxy) is 1. The van der Waals surface area contributed by atoms with Gasteiger partial charge in [0.1, 0.15) is 16.6 Å². The van der Waals surface area contributed by atoms with Gasteiger partial charge in [-0.25, -0.2) is 9.37 Å². The molecular weight excluding hydrogens is 405 g/mol. The number of benzene rings is 2. The molecule has 0 spiro atoms. The van der Waals surface area contributed by atoms with E-state index in [1.54, 1.807) is 30.3 Å². The van der Waals surface area contributed by atoms with Crippen LogP contribution < -0.4 is 15.8 Å². The lowest BCUT2D eigenvalue weighted by Crippen LogP contribution is -2.33. The second-order valence-corrected chi connectivity index (χ2v) is 8.06. The summed E-state index contributed by atoms with van der Waals surface area (Å²) in [5, 5.41) is 3.83. The highest BCUT2D eigenvalue weighted by Crippen LogP contribution is 2.38. The van der Waals surface area contributed by atoms with Crippen LogP contribution in [0.3, 0.4) is 0 Å². The molecular formula is C22H20FN3O3S. The van der Waals surface area contributed by atoms with Crippen LogP contribution in [0.1, 0.15) is 39.8 Å². The van der Waals surface area contributed by atoms with Crippen molar-refractivity contribution < 1.29 is 18.7 Å². The minimum absolute atomic E-state index is 0.131. The van der Waals surface area contributed by atoms with Gasteiger partial charge >= 0.3 is 0 Å². The van der Waals surface area contributed by atoms with E-state index < -0.39 is 5.91 Å². The highest BCUT2D eigenvalue weighted by molar-refractivity contribution is 7.15. The molecule has 8 heteroatoms. The molecule has 2 amide bonds. The molecule has 3 N–H and O–H groups in total. The quantitative estimate of drug-likeness (QED) is 0.631. The largest absolute Gasteiger partial charge is 0.484 e. The van der Waals surface area contributed by atoms with Crippen molar-refractivity contribution in [1.29, 1.82) is 0 Å². The predicted octanol–water partition coefficient (Wildman–Crippen LogP) is 3.62. The van der Waals surface area contributed by atoms with E-state index in [2.05, 4.69) is 5.32 Å². The zero-order chi connectivity index (χ0) is 21.1. The van der Waals surface area contributed by atoms with Crippen molar-refractivity contribution in [2.24, 2.45) is 5.73 Å². The third kappa shape index (κ3) is 4.49. The van der Waals surface area contributed by atoms with Crippen LogP contribution in [0.2, 0.25) is 0 Å². The SMILES string of the molecule is NC(=O)c1cccc(OCC(=O)NC2CCCc3nc(-c4ccc(F)cc4)sc32)c1. The molecule has 0 saturated heterocycles. The Labute approximate surface area is 176 Å². The minimum Gasteiger partial charge on any atom is -0.484 e. The van der Waals surface area contributed by atoms with Gasteiger partial charge in [0.05, 0.1) is 16.6 Å². The van der Waals surface area contributed by atoms with E-state index in [-0.39, 0.29) is 24.4 Å². The molecule has 0 fully saturated rings. The van der Waals surface area contributed by atoms with Gasteiger partial charge in [-0.2, -0.15) is 0 Å². The number of aryl methyl sites for hydroxylation is 1. The Morgan fingerprint density at radius 3 is 2.80 bits per heavy atom. The molecule has 3 aromatic rings. The number of hydrogen-bond donors (Lipinski definition) is 2. The Morgan fingerprint density at radius 2 is 2.03 bits per heavy atom. The Hall–Kier alpha value is -3.26. The molecule has 30 heavy (non-hydrogen) atoms. The van der Waals surface area contributed by atoms with Crippen molar-refractivity contribution in [3.63, 3.8) is 0 Å². The summed E-state index contributed by atoms with van der Waals surface area (Å²) in [6.45, 7) is -0.169. The molecule has 4 rings (SSSR count). The summed E-state index contributed by atoms with van der Waals surface area (Å²) in [5.41, 5.74) is 7.42. The zero-order valence-corrected chi connectivity index (χ0v) is 16.9. The fourth-order valence-corrected chi connectivity index (χ4v) is 4.60. The first-order chi connectivity index (χ1) is 14.5. The molecule has 1 aliphatic carbocycles. The van der Waals surface area contributed by atoms with Gasteiger partial charge in [0.25, 0.3) is 5.91 Å². The molecule has 0 bridgehead atoms. The Bertz CT molecular complexity index is 1080. The van der Waals surface area contributed by atoms with Crippen molar-refractivity contribution >= 4 is 23.2 Å². The molecule has 0 aliphatic heterocycles. The van der Waals surface area contributed by atoms with E-state index >= 15 is 0 Å². The van der Waals surface area contributed by atoms with E-state index in [1.807, 2.05) is 0 Å². The molecule has 6 nitrogen and oxygen atoms in total. The topological polar surface area (TPSA) is 94.3 Å². The monoisotopic (exact) mass is 425 g/mol. The fraction of sp³-hybridized carbons (Fsp3) is 0.227. The number of thiazole rings is 1. The van der Waals surface area contributed by atoms with Crippen molar-refractivity contribution in [3.05, 3.63) is 70.5 Å². The van der Waals surface area contributed by atoms with Crippen molar-refractivity contribution in [3.8, 4) is 16.3 Å². The summed E-state index contributed by atoms with van der Waals surface area (Å²) < 4.78 is 18.7. The standard InChI is InChI=1S/C22H20FN3O3S/c23-15-9-7-13(8-10-15)22-26-18-6-2-5-17(20(18)30-22)25-19(27)12-29-16-4-1-3-14(11-16)21(24)28/h1,3-4,7-11,17H,2,5-6,12H2,(H2,24,28)(H,25,27). The van der Waals surface area contributed by atoms with Crippen LogP contribution in [-0.2, 0) is 11.2 Å². The minimum atomic E-state index is -0.554. The van der Waals surface area contributed by atoms with E-state index in [1.165, 1.54) is 29.5 Å². The number of carbonyl (C=O) groups is 2. The molecule has 1 aromatic heterocycles. The number of halogens is 1. The number of rotatable bonds is 6. The average Bonchev–Trinajstić information content (AvgIpc) is 3.18. The zero-order valence-electron chi connectivity index (χ0n) is 16.1. The first-order valence-electron chi connectivity index (χ1n) is 9.57. The maximum atomic E-state index is 13.2. The molecule has 1 unspecified atom stereocenters. The number of nitrogens with zero attached hydrogens (tertiary/aromatic N) is 1. The van der Waals surface area contributed by atoms with Gasteiger partial charge in [0.15, 0.2) is 6.61 Å². The fourth-order valence-electron chi connectivity index (χ4n) is 3.40. The maximum absolute atomic E-state index is 13.2. The Morgan fingerprint density at radius 1 is 1.23 bits per heavy atom. The number of aromatic nitrogens is 1. The van der Waals surface area contributed by atoms with Gasteiger partial charge in [0, 0.05) is 11.1 Å². The van der Waals surface area contributed by atoms with E-state index in [0.29, 0.717) is 11.3 Å². The van der Waals surface area contributed by atoms with Crippen molar-refractivity contribution in [2.75, 3.05) is 6.61 Å². The highest BCUT2D eigenvalue weighted by Gasteiger charge is 2.26. The summed E-state index contributed by atoms with van der Waals surface area (Å²) in [6, 6.07) is 12.5. The number of primary amides is 1.